The molecule has 0 spiro atoms. The van der Waals surface area contributed by atoms with Crippen molar-refractivity contribution >= 4 is 0 Å². The topological polar surface area (TPSA) is 20.2 Å². The first-order chi connectivity index (χ1) is 7.19. The Morgan fingerprint density at radius 1 is 1.07 bits per heavy atom. The predicted molar refractivity (Wildman–Crippen MR) is 61.5 cm³/mol. The molecule has 1 N–H and O–H groups in total. The van der Waals surface area contributed by atoms with Crippen molar-refractivity contribution in [3.63, 3.8) is 0 Å². The summed E-state index contributed by atoms with van der Waals surface area (Å²) in [7, 11) is 0. The summed E-state index contributed by atoms with van der Waals surface area (Å²) in [6, 6.07) is 0. The lowest BCUT2D eigenvalue weighted by molar-refractivity contribution is -0.119. The van der Waals surface area contributed by atoms with Crippen molar-refractivity contribution in [2.24, 2.45) is 22.7 Å². The van der Waals surface area contributed by atoms with Crippen LogP contribution >= 0.6 is 0 Å². The Kier molecular flexibility index (Phi) is 2.18. The van der Waals surface area contributed by atoms with Crippen molar-refractivity contribution in [1.29, 1.82) is 0 Å². The molecule has 4 rings (SSSR count). The molecule has 0 radical (unpaired) electrons. The number of hydrogen-bond donors (Lipinski definition) is 1. The van der Waals surface area contributed by atoms with Crippen LogP contribution in [0.3, 0.4) is 0 Å². The van der Waals surface area contributed by atoms with Gasteiger partial charge in [-0.25, -0.2) is 0 Å². The number of aliphatic hydroxyl groups is 1. The van der Waals surface area contributed by atoms with E-state index < -0.39 is 0 Å². The van der Waals surface area contributed by atoms with E-state index in [0.29, 0.717) is 17.4 Å². The highest BCUT2D eigenvalue weighted by atomic mass is 16.3. The molecule has 0 aliphatic heterocycles. The summed E-state index contributed by atoms with van der Waals surface area (Å²) in [5.74, 6) is 2.02. The summed E-state index contributed by atoms with van der Waals surface area (Å²) in [5.41, 5.74) is 1.26. The molecule has 4 aliphatic carbocycles. The lowest BCUT2D eigenvalue weighted by atomic mass is 9.43. The van der Waals surface area contributed by atoms with Gasteiger partial charge >= 0.3 is 0 Å². The summed E-state index contributed by atoms with van der Waals surface area (Å²) < 4.78 is 0. The van der Waals surface area contributed by atoms with E-state index in [1.165, 1.54) is 44.9 Å². The van der Waals surface area contributed by atoms with E-state index in [2.05, 4.69) is 6.92 Å². The largest absolute Gasteiger partial charge is 0.396 e. The lowest BCUT2D eigenvalue weighted by Gasteiger charge is -2.62. The Morgan fingerprint density at radius 3 is 2.20 bits per heavy atom. The van der Waals surface area contributed by atoms with Crippen LogP contribution in [0.1, 0.15) is 58.3 Å². The van der Waals surface area contributed by atoms with Crippen LogP contribution in [0.15, 0.2) is 0 Å². The first kappa shape index (κ1) is 10.1. The van der Waals surface area contributed by atoms with Gasteiger partial charge in [-0.15, -0.1) is 0 Å². The van der Waals surface area contributed by atoms with Crippen LogP contribution in [0.25, 0.3) is 0 Å². The van der Waals surface area contributed by atoms with Gasteiger partial charge in [0.25, 0.3) is 0 Å². The molecule has 1 heteroatoms. The van der Waals surface area contributed by atoms with Gasteiger partial charge in [0.15, 0.2) is 0 Å². The van der Waals surface area contributed by atoms with Crippen LogP contribution in [0.4, 0.5) is 0 Å². The number of aliphatic hydroxyl groups excluding tert-OH is 1. The average molecular weight is 208 g/mol. The highest BCUT2D eigenvalue weighted by Gasteiger charge is 2.56. The van der Waals surface area contributed by atoms with Crippen LogP contribution < -0.4 is 0 Å². The zero-order valence-electron chi connectivity index (χ0n) is 9.97. The van der Waals surface area contributed by atoms with Gasteiger partial charge in [-0.05, 0) is 67.6 Å². The zero-order valence-corrected chi connectivity index (χ0v) is 9.97. The third-order valence-corrected chi connectivity index (χ3v) is 5.70. The third-order valence-electron chi connectivity index (χ3n) is 5.70. The molecule has 15 heavy (non-hydrogen) atoms. The van der Waals surface area contributed by atoms with Crippen molar-refractivity contribution < 1.29 is 5.11 Å². The molecule has 86 valence electrons. The molecule has 0 aromatic rings. The molecule has 0 amide bonds. The van der Waals surface area contributed by atoms with E-state index in [1.807, 2.05) is 0 Å². The van der Waals surface area contributed by atoms with E-state index in [4.69, 9.17) is 0 Å². The molecule has 4 saturated carbocycles. The quantitative estimate of drug-likeness (QED) is 0.754. The summed E-state index contributed by atoms with van der Waals surface area (Å²) in [6.45, 7) is 2.80. The highest BCUT2D eigenvalue weighted by molar-refractivity contribution is 5.06. The van der Waals surface area contributed by atoms with Crippen molar-refractivity contribution in [2.75, 3.05) is 6.61 Å². The minimum atomic E-state index is 0.416. The fraction of sp³-hybridized carbons (Fsp3) is 1.00. The first-order valence-electron chi connectivity index (χ1n) is 6.80. The van der Waals surface area contributed by atoms with E-state index in [-0.39, 0.29) is 0 Å². The fourth-order valence-corrected chi connectivity index (χ4v) is 5.59. The maximum Gasteiger partial charge on any atom is 0.0436 e. The number of rotatable bonds is 3. The molecule has 0 aromatic heterocycles. The zero-order chi connectivity index (χ0) is 10.5. The van der Waals surface area contributed by atoms with Crippen LogP contribution in [0, 0.1) is 22.7 Å². The number of hydrogen-bond acceptors (Lipinski definition) is 1. The van der Waals surface area contributed by atoms with Gasteiger partial charge in [-0.2, -0.15) is 0 Å². The monoisotopic (exact) mass is 208 g/mol. The van der Waals surface area contributed by atoms with Gasteiger partial charge in [-0.1, -0.05) is 13.3 Å². The average Bonchev–Trinajstić information content (AvgIpc) is 2.15. The summed E-state index contributed by atoms with van der Waals surface area (Å²) in [5, 5.41) is 9.28. The van der Waals surface area contributed by atoms with E-state index in [1.54, 1.807) is 0 Å². The predicted octanol–water partition coefficient (Wildman–Crippen LogP) is 3.37. The Labute approximate surface area is 93.3 Å². The van der Waals surface area contributed by atoms with Gasteiger partial charge in [0.2, 0.25) is 0 Å². The van der Waals surface area contributed by atoms with Crippen LogP contribution in [0.2, 0.25) is 0 Å². The summed E-state index contributed by atoms with van der Waals surface area (Å²) >= 11 is 0. The highest BCUT2D eigenvalue weighted by Crippen LogP contribution is 2.67. The van der Waals surface area contributed by atoms with Gasteiger partial charge in [0, 0.05) is 6.61 Å². The van der Waals surface area contributed by atoms with E-state index in [0.717, 1.165) is 18.3 Å². The maximum atomic E-state index is 9.28. The normalized spacial score (nSPS) is 52.4. The van der Waals surface area contributed by atoms with Gasteiger partial charge < -0.3 is 5.11 Å². The Bertz CT molecular complexity index is 244. The van der Waals surface area contributed by atoms with Crippen molar-refractivity contribution in [1.82, 2.24) is 0 Å². The minimum absolute atomic E-state index is 0.416. The molecule has 1 nitrogen and oxygen atoms in total. The van der Waals surface area contributed by atoms with Crippen LogP contribution in [-0.2, 0) is 0 Å². The van der Waals surface area contributed by atoms with Crippen molar-refractivity contribution in [2.45, 2.75) is 58.3 Å². The van der Waals surface area contributed by atoms with Crippen molar-refractivity contribution in [3.05, 3.63) is 0 Å². The maximum absolute atomic E-state index is 9.28. The molecule has 4 fully saturated rings. The van der Waals surface area contributed by atoms with E-state index in [9.17, 15) is 5.11 Å². The van der Waals surface area contributed by atoms with Crippen molar-refractivity contribution in [3.8, 4) is 0 Å². The minimum Gasteiger partial charge on any atom is -0.396 e. The Hall–Kier alpha value is -0.0400. The third kappa shape index (κ3) is 1.46. The molecule has 0 heterocycles. The van der Waals surface area contributed by atoms with Gasteiger partial charge in [0.1, 0.15) is 0 Å². The molecule has 2 atom stereocenters. The molecule has 0 saturated heterocycles. The summed E-state index contributed by atoms with van der Waals surface area (Å²) in [4.78, 5) is 0. The van der Waals surface area contributed by atoms with E-state index >= 15 is 0 Å². The van der Waals surface area contributed by atoms with Crippen LogP contribution in [-0.4, -0.2) is 11.7 Å². The molecular formula is C14H24O. The standard InChI is InChI=1S/C14H24O/c1-2-13-6-11-5-12(7-13)9-14(8-11,10-13)3-4-15/h11-12,15H,2-10H2,1H3/t11-,12-,13?,14?/m0/s1. The molecule has 0 unspecified atom stereocenters. The summed E-state index contributed by atoms with van der Waals surface area (Å²) in [6.07, 6.45) is 11.3. The lowest BCUT2D eigenvalue weighted by Crippen LogP contribution is -2.51. The SMILES string of the molecule is CCC12C[C@@H]3C[C@@H](C1)CC(CCO)(C3)C2. The fourth-order valence-electron chi connectivity index (χ4n) is 5.59. The Balaban J connectivity index is 1.88. The molecular weight excluding hydrogens is 184 g/mol. The second kappa shape index (κ2) is 3.23. The van der Waals surface area contributed by atoms with Gasteiger partial charge in [0.05, 0.1) is 0 Å². The molecule has 4 aliphatic rings. The molecule has 4 bridgehead atoms. The smallest absolute Gasteiger partial charge is 0.0436 e. The molecule has 0 aromatic carbocycles. The second-order valence-electron chi connectivity index (χ2n) is 6.79. The Morgan fingerprint density at radius 2 is 1.67 bits per heavy atom. The second-order valence-corrected chi connectivity index (χ2v) is 6.79. The van der Waals surface area contributed by atoms with Crippen LogP contribution in [0.5, 0.6) is 0 Å². The first-order valence-corrected chi connectivity index (χ1v) is 6.80. The van der Waals surface area contributed by atoms with Gasteiger partial charge in [-0.3, -0.25) is 0 Å².